The van der Waals surface area contributed by atoms with Gasteiger partial charge >= 0.3 is 0 Å². The second-order valence-corrected chi connectivity index (χ2v) is 5.98. The number of hydrogen-bond donors (Lipinski definition) is 1. The van der Waals surface area contributed by atoms with Crippen molar-refractivity contribution in [2.75, 3.05) is 6.26 Å². The van der Waals surface area contributed by atoms with Gasteiger partial charge in [0.05, 0.1) is 28.7 Å². The number of carbonyl (C=O) groups excluding carboxylic acids is 1. The van der Waals surface area contributed by atoms with Gasteiger partial charge in [0.15, 0.2) is 0 Å². The van der Waals surface area contributed by atoms with Crippen molar-refractivity contribution in [3.8, 4) is 5.69 Å². The van der Waals surface area contributed by atoms with Crippen LogP contribution in [-0.4, -0.2) is 30.4 Å². The van der Waals surface area contributed by atoms with Gasteiger partial charge in [0, 0.05) is 6.20 Å². The first-order valence-electron chi connectivity index (χ1n) is 5.18. The molecule has 2 rings (SSSR count). The molecular formula is C11H10ClN3O3S. The van der Waals surface area contributed by atoms with Crippen molar-refractivity contribution in [1.82, 2.24) is 14.5 Å². The van der Waals surface area contributed by atoms with Crippen molar-refractivity contribution < 1.29 is 13.2 Å². The first-order valence-corrected chi connectivity index (χ1v) is 7.45. The van der Waals surface area contributed by atoms with Crippen LogP contribution in [-0.2, 0) is 10.0 Å². The molecular weight excluding hydrogens is 290 g/mol. The summed E-state index contributed by atoms with van der Waals surface area (Å²) in [6, 6.07) is 6.97. The monoisotopic (exact) mass is 299 g/mol. The number of sulfonamides is 1. The van der Waals surface area contributed by atoms with Gasteiger partial charge in [0.25, 0.3) is 5.91 Å². The van der Waals surface area contributed by atoms with Crippen LogP contribution in [0.3, 0.4) is 0 Å². The average Bonchev–Trinajstić information content (AvgIpc) is 2.76. The van der Waals surface area contributed by atoms with Crippen LogP contribution >= 0.6 is 11.6 Å². The lowest BCUT2D eigenvalue weighted by Gasteiger charge is -2.02. The largest absolute Gasteiger partial charge is 0.268 e. The molecule has 2 aromatic rings. The summed E-state index contributed by atoms with van der Waals surface area (Å²) in [4.78, 5) is 11.6. The highest BCUT2D eigenvalue weighted by atomic mass is 35.5. The Kier molecular flexibility index (Phi) is 3.59. The smallest absolute Gasteiger partial charge is 0.267 e. The summed E-state index contributed by atoms with van der Waals surface area (Å²) in [7, 11) is -3.60. The summed E-state index contributed by atoms with van der Waals surface area (Å²) < 4.78 is 25.2. The van der Waals surface area contributed by atoms with E-state index in [-0.39, 0.29) is 5.56 Å². The summed E-state index contributed by atoms with van der Waals surface area (Å²) >= 11 is 6.00. The van der Waals surface area contributed by atoms with Gasteiger partial charge in [0.1, 0.15) is 0 Å². The second kappa shape index (κ2) is 5.02. The minimum atomic E-state index is -3.60. The van der Waals surface area contributed by atoms with Gasteiger partial charge in [-0.3, -0.25) is 4.79 Å². The molecule has 8 heteroatoms. The molecule has 6 nitrogen and oxygen atoms in total. The molecule has 1 aromatic carbocycles. The van der Waals surface area contributed by atoms with E-state index in [1.54, 1.807) is 24.3 Å². The van der Waals surface area contributed by atoms with Crippen molar-refractivity contribution >= 4 is 27.5 Å². The molecule has 0 bridgehead atoms. The lowest BCUT2D eigenvalue weighted by molar-refractivity contribution is 0.0981. The highest BCUT2D eigenvalue weighted by molar-refractivity contribution is 7.89. The molecule has 0 aliphatic heterocycles. The van der Waals surface area contributed by atoms with Crippen molar-refractivity contribution in [1.29, 1.82) is 0 Å². The van der Waals surface area contributed by atoms with Gasteiger partial charge in [-0.25, -0.2) is 17.8 Å². The van der Waals surface area contributed by atoms with Gasteiger partial charge in [-0.2, -0.15) is 5.10 Å². The van der Waals surface area contributed by atoms with E-state index in [9.17, 15) is 13.2 Å². The third kappa shape index (κ3) is 3.33. The third-order valence-corrected chi connectivity index (χ3v) is 3.10. The summed E-state index contributed by atoms with van der Waals surface area (Å²) in [5.74, 6) is -0.735. The highest BCUT2D eigenvalue weighted by Gasteiger charge is 2.14. The Bertz CT molecular complexity index is 724. The number of benzene rings is 1. The van der Waals surface area contributed by atoms with Gasteiger partial charge in [-0.1, -0.05) is 23.7 Å². The van der Waals surface area contributed by atoms with Crippen molar-refractivity contribution in [2.45, 2.75) is 0 Å². The first-order chi connectivity index (χ1) is 8.87. The number of carbonyl (C=O) groups is 1. The Morgan fingerprint density at radius 3 is 2.68 bits per heavy atom. The molecule has 0 aliphatic carbocycles. The van der Waals surface area contributed by atoms with Gasteiger partial charge < -0.3 is 0 Å². The molecule has 0 fully saturated rings. The Labute approximate surface area is 115 Å². The summed E-state index contributed by atoms with van der Waals surface area (Å²) in [5, 5.41) is 4.45. The molecule has 0 aliphatic rings. The Balaban J connectivity index is 2.30. The number of para-hydroxylation sites is 1. The van der Waals surface area contributed by atoms with Crippen LogP contribution < -0.4 is 4.72 Å². The molecule has 0 saturated heterocycles. The Morgan fingerprint density at radius 2 is 2.05 bits per heavy atom. The number of nitrogens with zero attached hydrogens (tertiary/aromatic N) is 2. The van der Waals surface area contributed by atoms with Gasteiger partial charge in [0.2, 0.25) is 10.0 Å². The minimum Gasteiger partial charge on any atom is -0.268 e. The van der Waals surface area contributed by atoms with Crippen molar-refractivity contribution in [3.63, 3.8) is 0 Å². The maximum absolute atomic E-state index is 11.6. The normalized spacial score (nSPS) is 11.3. The fraction of sp³-hybridized carbons (Fsp3) is 0.0909. The van der Waals surface area contributed by atoms with E-state index >= 15 is 0 Å². The number of hydrogen-bond acceptors (Lipinski definition) is 4. The molecule has 1 heterocycles. The quantitative estimate of drug-likeness (QED) is 0.924. The predicted molar refractivity (Wildman–Crippen MR) is 70.9 cm³/mol. The van der Waals surface area contributed by atoms with E-state index < -0.39 is 15.9 Å². The second-order valence-electron chi connectivity index (χ2n) is 3.83. The molecule has 0 spiro atoms. The molecule has 1 amide bonds. The van der Waals surface area contributed by atoms with E-state index in [0.29, 0.717) is 10.7 Å². The van der Waals surface area contributed by atoms with Crippen molar-refractivity contribution in [2.24, 2.45) is 0 Å². The number of nitrogens with one attached hydrogen (secondary N) is 1. The lowest BCUT2D eigenvalue weighted by Crippen LogP contribution is -2.28. The van der Waals surface area contributed by atoms with Crippen molar-refractivity contribution in [3.05, 3.63) is 47.2 Å². The maximum Gasteiger partial charge on any atom is 0.267 e. The average molecular weight is 300 g/mol. The van der Waals surface area contributed by atoms with Gasteiger partial charge in [-0.15, -0.1) is 0 Å². The van der Waals surface area contributed by atoms with Crippen LogP contribution in [0.15, 0.2) is 36.7 Å². The fourth-order valence-electron chi connectivity index (χ4n) is 1.44. The molecule has 0 atom stereocenters. The number of aromatic nitrogens is 2. The van der Waals surface area contributed by atoms with Crippen LogP contribution in [0.4, 0.5) is 0 Å². The molecule has 1 N–H and O–H groups in total. The number of amides is 1. The fourth-order valence-corrected chi connectivity index (χ4v) is 2.11. The Morgan fingerprint density at radius 1 is 1.37 bits per heavy atom. The Hall–Kier alpha value is -1.86. The van der Waals surface area contributed by atoms with Crippen LogP contribution in [0.25, 0.3) is 5.69 Å². The van der Waals surface area contributed by atoms with E-state index in [4.69, 9.17) is 11.6 Å². The predicted octanol–water partition coefficient (Wildman–Crippen LogP) is 1.22. The minimum absolute atomic E-state index is 0.130. The lowest BCUT2D eigenvalue weighted by atomic mass is 10.3. The molecule has 1 aromatic heterocycles. The summed E-state index contributed by atoms with van der Waals surface area (Å²) in [5.41, 5.74) is 0.730. The maximum atomic E-state index is 11.6. The topological polar surface area (TPSA) is 81.1 Å². The molecule has 19 heavy (non-hydrogen) atoms. The number of halogens is 1. The molecule has 0 unspecified atom stereocenters. The van der Waals surface area contributed by atoms with Gasteiger partial charge in [-0.05, 0) is 12.1 Å². The van der Waals surface area contributed by atoms with E-state index in [1.807, 2.05) is 4.72 Å². The third-order valence-electron chi connectivity index (χ3n) is 2.22. The van der Waals surface area contributed by atoms with E-state index in [0.717, 1.165) is 6.26 Å². The molecule has 0 radical (unpaired) electrons. The van der Waals surface area contributed by atoms with Crippen LogP contribution in [0, 0.1) is 0 Å². The SMILES string of the molecule is CS(=O)(=O)NC(=O)c1cnn(-c2ccccc2Cl)c1. The molecule has 100 valence electrons. The zero-order valence-electron chi connectivity index (χ0n) is 9.87. The van der Waals surface area contributed by atoms with E-state index in [2.05, 4.69) is 5.10 Å². The first kappa shape index (κ1) is 13.6. The number of rotatable bonds is 3. The standard InChI is InChI=1S/C11H10ClN3O3S/c1-19(17,18)14-11(16)8-6-13-15(7-8)10-5-3-2-4-9(10)12/h2-7H,1H3,(H,14,16). The summed E-state index contributed by atoms with van der Waals surface area (Å²) in [6.45, 7) is 0. The zero-order valence-corrected chi connectivity index (χ0v) is 11.4. The summed E-state index contributed by atoms with van der Waals surface area (Å²) in [6.07, 6.45) is 3.58. The van der Waals surface area contributed by atoms with E-state index in [1.165, 1.54) is 17.1 Å². The highest BCUT2D eigenvalue weighted by Crippen LogP contribution is 2.19. The van der Waals surface area contributed by atoms with Crippen LogP contribution in [0.1, 0.15) is 10.4 Å². The van der Waals surface area contributed by atoms with Crippen LogP contribution in [0.2, 0.25) is 5.02 Å². The van der Waals surface area contributed by atoms with Crippen LogP contribution in [0.5, 0.6) is 0 Å². The molecule has 0 saturated carbocycles. The zero-order chi connectivity index (χ0) is 14.0.